The Morgan fingerprint density at radius 2 is 1.20 bits per heavy atom. The fraction of sp³-hybridized carbons (Fsp3) is 0.333. The highest BCUT2D eigenvalue weighted by atomic mass is 35.5. The van der Waals surface area contributed by atoms with Crippen molar-refractivity contribution in [3.8, 4) is 11.3 Å². The van der Waals surface area contributed by atoms with Gasteiger partial charge in [-0.3, -0.25) is 0 Å². The average Bonchev–Trinajstić information content (AvgIpc) is 3.02. The number of halogens is 3. The first-order chi connectivity index (χ1) is 23.8. The maximum Gasteiger partial charge on any atom is 0.408 e. The van der Waals surface area contributed by atoms with E-state index in [1.165, 1.54) is 24.3 Å². The summed E-state index contributed by atoms with van der Waals surface area (Å²) in [6, 6.07) is 19.8. The Morgan fingerprint density at radius 3 is 1.71 bits per heavy atom. The minimum absolute atomic E-state index is 0.224. The second-order valence-corrected chi connectivity index (χ2v) is 15.1. The van der Waals surface area contributed by atoms with Gasteiger partial charge in [-0.1, -0.05) is 29.8 Å². The first-order valence-corrected chi connectivity index (χ1v) is 17.9. The van der Waals surface area contributed by atoms with Gasteiger partial charge in [-0.15, -0.1) is 11.8 Å². The van der Waals surface area contributed by atoms with E-state index in [-0.39, 0.29) is 28.9 Å². The lowest BCUT2D eigenvalue weighted by atomic mass is 9.98. The summed E-state index contributed by atoms with van der Waals surface area (Å²) in [7, 11) is 0. The molecule has 51 heavy (non-hydrogen) atoms. The van der Waals surface area contributed by atoms with Crippen molar-refractivity contribution in [1.82, 2.24) is 20.6 Å². The van der Waals surface area contributed by atoms with Crippen LogP contribution in [-0.4, -0.2) is 39.6 Å². The van der Waals surface area contributed by atoms with Crippen molar-refractivity contribution in [3.63, 3.8) is 0 Å². The normalized spacial score (nSPS) is 12.8. The fourth-order valence-electron chi connectivity index (χ4n) is 5.10. The van der Waals surface area contributed by atoms with Crippen molar-refractivity contribution in [2.45, 2.75) is 83.6 Å². The zero-order chi connectivity index (χ0) is 37.7. The second kappa shape index (κ2) is 16.2. The number of hydrogen-bond donors (Lipinski definition) is 2. The standard InChI is InChI=1S/C23H25FN2O2S.C16H18ClFN2O2/c1-14(25-22(27)28-23(2,3)4)18-12-15-10-11-16(24)13-19(15)26-21(18)17-8-6-7-9-20(17)29-5;1-9(19-15(21)22-16(2,3)4)12-7-10-5-6-11(18)8-13(10)20-14(12)17/h6-14H,1-5H3,(H,25,27);5-9H,1-4H3,(H,19,21)/t14-;9-/m00/s1. The van der Waals surface area contributed by atoms with Crippen molar-refractivity contribution >= 4 is 57.4 Å². The molecule has 0 aliphatic carbocycles. The number of benzene rings is 3. The quantitative estimate of drug-likeness (QED) is 0.132. The maximum atomic E-state index is 13.8. The SMILES string of the molecule is CSc1ccccc1-c1nc2cc(F)ccc2cc1[C@H](C)NC(=O)OC(C)(C)C.C[C@H](NC(=O)OC(C)(C)C)c1cc2ccc(F)cc2nc1Cl. The van der Waals surface area contributed by atoms with E-state index in [0.29, 0.717) is 16.6 Å². The third-order valence-electron chi connectivity index (χ3n) is 7.33. The molecule has 8 nitrogen and oxygen atoms in total. The molecule has 5 rings (SSSR count). The van der Waals surface area contributed by atoms with Gasteiger partial charge in [0, 0.05) is 44.5 Å². The minimum Gasteiger partial charge on any atom is -0.444 e. The van der Waals surface area contributed by atoms with Crippen molar-refractivity contribution in [1.29, 1.82) is 0 Å². The molecule has 270 valence electrons. The zero-order valence-electron chi connectivity index (χ0n) is 30.2. The number of thioether (sulfide) groups is 1. The van der Waals surface area contributed by atoms with Crippen LogP contribution in [0.4, 0.5) is 18.4 Å². The molecule has 0 bridgehead atoms. The Hall–Kier alpha value is -4.48. The zero-order valence-corrected chi connectivity index (χ0v) is 31.7. The van der Waals surface area contributed by atoms with E-state index in [0.717, 1.165) is 32.5 Å². The number of ether oxygens (including phenoxy) is 2. The molecule has 2 amide bonds. The van der Waals surface area contributed by atoms with Crippen LogP contribution in [0.25, 0.3) is 33.1 Å². The van der Waals surface area contributed by atoms with Gasteiger partial charge in [-0.05, 0) is 104 Å². The van der Waals surface area contributed by atoms with Gasteiger partial charge in [0.1, 0.15) is 28.0 Å². The smallest absolute Gasteiger partial charge is 0.408 e. The molecule has 2 heterocycles. The number of carbonyl (C=O) groups is 2. The molecule has 0 radical (unpaired) electrons. The number of hydrogen-bond acceptors (Lipinski definition) is 7. The van der Waals surface area contributed by atoms with Crippen molar-refractivity contribution in [2.24, 2.45) is 0 Å². The first kappa shape index (κ1) is 39.3. The Bertz CT molecular complexity index is 2050. The molecule has 0 saturated carbocycles. The van der Waals surface area contributed by atoms with Crippen LogP contribution in [0.5, 0.6) is 0 Å². The van der Waals surface area contributed by atoms with Crippen LogP contribution in [0.3, 0.4) is 0 Å². The van der Waals surface area contributed by atoms with Crippen LogP contribution in [0.15, 0.2) is 77.7 Å². The molecule has 3 aromatic carbocycles. The molecule has 0 fully saturated rings. The lowest BCUT2D eigenvalue weighted by molar-refractivity contribution is 0.0496. The number of fused-ring (bicyclic) bond motifs is 2. The number of alkyl carbamates (subject to hydrolysis) is 2. The number of rotatable bonds is 6. The van der Waals surface area contributed by atoms with Gasteiger partial charge >= 0.3 is 12.2 Å². The van der Waals surface area contributed by atoms with Crippen LogP contribution in [0.1, 0.15) is 78.6 Å². The molecule has 0 unspecified atom stereocenters. The molecule has 0 saturated heterocycles. The Labute approximate surface area is 306 Å². The van der Waals surface area contributed by atoms with Crippen LogP contribution in [0.2, 0.25) is 5.15 Å². The summed E-state index contributed by atoms with van der Waals surface area (Å²) >= 11 is 7.76. The van der Waals surface area contributed by atoms with E-state index < -0.39 is 23.4 Å². The van der Waals surface area contributed by atoms with Gasteiger partial charge in [0.2, 0.25) is 0 Å². The Balaban J connectivity index is 0.000000238. The summed E-state index contributed by atoms with van der Waals surface area (Å²) in [6.45, 7) is 14.5. The predicted octanol–water partition coefficient (Wildman–Crippen LogP) is 11.0. The number of nitrogens with zero attached hydrogens (tertiary/aromatic N) is 2. The third kappa shape index (κ3) is 11.0. The van der Waals surface area contributed by atoms with Gasteiger partial charge in [-0.2, -0.15) is 0 Å². The van der Waals surface area contributed by atoms with E-state index in [1.807, 2.05) is 64.3 Å². The summed E-state index contributed by atoms with van der Waals surface area (Å²) in [5.74, 6) is -0.703. The summed E-state index contributed by atoms with van der Waals surface area (Å²) < 4.78 is 37.6. The predicted molar refractivity (Wildman–Crippen MR) is 201 cm³/mol. The van der Waals surface area contributed by atoms with E-state index >= 15 is 0 Å². The summed E-state index contributed by atoms with van der Waals surface area (Å²) in [5, 5.41) is 7.39. The van der Waals surface area contributed by atoms with E-state index in [1.54, 1.807) is 57.7 Å². The van der Waals surface area contributed by atoms with E-state index in [2.05, 4.69) is 15.6 Å². The summed E-state index contributed by atoms with van der Waals surface area (Å²) in [5.41, 5.74) is 3.03. The molecule has 0 spiro atoms. The largest absolute Gasteiger partial charge is 0.444 e. The monoisotopic (exact) mass is 736 g/mol. The number of amides is 2. The summed E-state index contributed by atoms with van der Waals surface area (Å²) in [6.07, 6.45) is 0.977. The highest BCUT2D eigenvalue weighted by Crippen LogP contribution is 2.35. The van der Waals surface area contributed by atoms with Gasteiger partial charge < -0.3 is 20.1 Å². The van der Waals surface area contributed by atoms with E-state index in [9.17, 15) is 18.4 Å². The average molecular weight is 737 g/mol. The topological polar surface area (TPSA) is 102 Å². The minimum atomic E-state index is -0.586. The number of aromatic nitrogens is 2. The molecule has 12 heteroatoms. The van der Waals surface area contributed by atoms with Gasteiger partial charge in [0.25, 0.3) is 0 Å². The number of nitrogens with one attached hydrogen (secondary N) is 2. The molecule has 0 aliphatic rings. The van der Waals surface area contributed by atoms with Crippen molar-refractivity contribution < 1.29 is 27.8 Å². The highest BCUT2D eigenvalue weighted by molar-refractivity contribution is 7.98. The van der Waals surface area contributed by atoms with Crippen molar-refractivity contribution in [3.05, 3.63) is 101 Å². The lowest BCUT2D eigenvalue weighted by Crippen LogP contribution is -2.34. The molecular formula is C39H43ClF2N4O4S. The Kier molecular flexibility index (Phi) is 12.5. The van der Waals surface area contributed by atoms with Crippen LogP contribution < -0.4 is 10.6 Å². The van der Waals surface area contributed by atoms with Gasteiger partial charge in [0.05, 0.1) is 28.8 Å². The highest BCUT2D eigenvalue weighted by Gasteiger charge is 2.23. The maximum absolute atomic E-state index is 13.8. The van der Waals surface area contributed by atoms with Crippen molar-refractivity contribution in [2.75, 3.05) is 6.26 Å². The molecule has 2 aromatic heterocycles. The number of pyridine rings is 2. The first-order valence-electron chi connectivity index (χ1n) is 16.3. The molecule has 2 N–H and O–H groups in total. The van der Waals surface area contributed by atoms with Crippen LogP contribution >= 0.6 is 23.4 Å². The molecule has 0 aliphatic heterocycles. The third-order valence-corrected chi connectivity index (χ3v) is 8.43. The van der Waals surface area contributed by atoms with Gasteiger partial charge in [0.15, 0.2) is 0 Å². The molecular weight excluding hydrogens is 694 g/mol. The number of carbonyl (C=O) groups excluding carboxylic acids is 2. The fourth-order valence-corrected chi connectivity index (χ4v) is 6.01. The summed E-state index contributed by atoms with van der Waals surface area (Å²) in [4.78, 5) is 34.1. The molecule has 2 atom stereocenters. The lowest BCUT2D eigenvalue weighted by Gasteiger charge is -2.23. The van der Waals surface area contributed by atoms with Crippen LogP contribution in [-0.2, 0) is 9.47 Å². The van der Waals surface area contributed by atoms with Crippen LogP contribution in [0, 0.1) is 11.6 Å². The molecule has 5 aromatic rings. The van der Waals surface area contributed by atoms with Gasteiger partial charge in [-0.25, -0.2) is 28.3 Å². The Morgan fingerprint density at radius 1 is 0.725 bits per heavy atom. The second-order valence-electron chi connectivity index (χ2n) is 13.9. The van der Waals surface area contributed by atoms with E-state index in [4.69, 9.17) is 26.1 Å².